The number of guanidine groups is 1. The number of rotatable bonds is 8. The van der Waals surface area contributed by atoms with E-state index in [0.717, 1.165) is 71.5 Å². The summed E-state index contributed by atoms with van der Waals surface area (Å²) < 4.78 is 11.0. The lowest BCUT2D eigenvalue weighted by Gasteiger charge is -2.35. The van der Waals surface area contributed by atoms with Crippen molar-refractivity contribution in [3.05, 3.63) is 0 Å². The molecule has 146 valence electrons. The predicted molar refractivity (Wildman–Crippen MR) is 103 cm³/mol. The number of hydrogen-bond acceptors (Lipinski definition) is 4. The number of nitrogens with zero attached hydrogens (tertiary/aromatic N) is 3. The van der Waals surface area contributed by atoms with Crippen LogP contribution in [0.15, 0.2) is 4.99 Å². The van der Waals surface area contributed by atoms with Gasteiger partial charge in [-0.05, 0) is 25.7 Å². The Morgan fingerprint density at radius 3 is 2.60 bits per heavy atom. The van der Waals surface area contributed by atoms with Crippen molar-refractivity contribution in [3.63, 3.8) is 0 Å². The van der Waals surface area contributed by atoms with E-state index in [2.05, 4.69) is 42.9 Å². The molecule has 0 bridgehead atoms. The minimum absolute atomic E-state index is 0.501. The van der Waals surface area contributed by atoms with Crippen molar-refractivity contribution < 1.29 is 9.47 Å². The van der Waals surface area contributed by atoms with E-state index in [9.17, 15) is 0 Å². The maximum Gasteiger partial charge on any atom is 0.193 e. The summed E-state index contributed by atoms with van der Waals surface area (Å²) in [5, 5.41) is 3.46. The van der Waals surface area contributed by atoms with Crippen molar-refractivity contribution in [1.29, 1.82) is 0 Å². The largest absolute Gasteiger partial charge is 0.381 e. The maximum atomic E-state index is 5.52. The van der Waals surface area contributed by atoms with Crippen LogP contribution < -0.4 is 5.32 Å². The van der Waals surface area contributed by atoms with E-state index in [0.29, 0.717) is 17.9 Å². The fourth-order valence-electron chi connectivity index (χ4n) is 3.69. The molecule has 0 spiro atoms. The first kappa shape index (κ1) is 20.5. The monoisotopic (exact) mass is 354 g/mol. The van der Waals surface area contributed by atoms with Crippen LogP contribution in [-0.4, -0.2) is 88.0 Å². The summed E-state index contributed by atoms with van der Waals surface area (Å²) in [6.07, 6.45) is 2.34. The standard InChI is InChI=1S/C19H38N4O2/c1-5-20-19(22(4)14-17-6-9-25-15-17)21-13-18(12-16(2)3)23-7-10-24-11-8-23/h16-18H,5-15H2,1-4H3,(H,20,21). The van der Waals surface area contributed by atoms with Crippen molar-refractivity contribution in [1.82, 2.24) is 15.1 Å². The number of ether oxygens (including phenoxy) is 2. The van der Waals surface area contributed by atoms with Gasteiger partial charge < -0.3 is 19.7 Å². The minimum atomic E-state index is 0.501. The highest BCUT2D eigenvalue weighted by atomic mass is 16.5. The molecule has 6 nitrogen and oxygen atoms in total. The average molecular weight is 355 g/mol. The third-order valence-corrected chi connectivity index (χ3v) is 5.01. The molecular formula is C19H38N4O2. The molecule has 1 N–H and O–H groups in total. The summed E-state index contributed by atoms with van der Waals surface area (Å²) in [5.41, 5.74) is 0. The van der Waals surface area contributed by atoms with Crippen LogP contribution in [0.5, 0.6) is 0 Å². The van der Waals surface area contributed by atoms with Gasteiger partial charge in [0.25, 0.3) is 0 Å². The molecule has 25 heavy (non-hydrogen) atoms. The third kappa shape index (κ3) is 7.12. The fourth-order valence-corrected chi connectivity index (χ4v) is 3.69. The second kappa shape index (κ2) is 11.0. The Bertz CT molecular complexity index is 391. The zero-order valence-electron chi connectivity index (χ0n) is 16.7. The number of hydrogen-bond donors (Lipinski definition) is 1. The van der Waals surface area contributed by atoms with Gasteiger partial charge in [-0.2, -0.15) is 0 Å². The van der Waals surface area contributed by atoms with Gasteiger partial charge in [0.05, 0.1) is 26.4 Å². The summed E-state index contributed by atoms with van der Waals surface area (Å²) >= 11 is 0. The summed E-state index contributed by atoms with van der Waals surface area (Å²) in [6, 6.07) is 0.501. The van der Waals surface area contributed by atoms with Gasteiger partial charge in [-0.3, -0.25) is 9.89 Å². The Labute approximate surface area is 153 Å². The van der Waals surface area contributed by atoms with E-state index in [-0.39, 0.29) is 0 Å². The first-order valence-electron chi connectivity index (χ1n) is 9.99. The third-order valence-electron chi connectivity index (χ3n) is 5.01. The number of nitrogens with one attached hydrogen (secondary N) is 1. The highest BCUT2D eigenvalue weighted by Crippen LogP contribution is 2.15. The second-order valence-electron chi connectivity index (χ2n) is 7.74. The number of aliphatic imine (C=N–C) groups is 1. The van der Waals surface area contributed by atoms with E-state index in [1.54, 1.807) is 0 Å². The topological polar surface area (TPSA) is 49.3 Å². The molecule has 0 aromatic rings. The molecule has 2 atom stereocenters. The van der Waals surface area contributed by atoms with E-state index in [4.69, 9.17) is 14.5 Å². The van der Waals surface area contributed by atoms with Crippen LogP contribution in [0.1, 0.15) is 33.6 Å². The van der Waals surface area contributed by atoms with Crippen LogP contribution in [0.2, 0.25) is 0 Å². The summed E-state index contributed by atoms with van der Waals surface area (Å²) in [4.78, 5) is 9.82. The molecule has 0 amide bonds. The van der Waals surface area contributed by atoms with Crippen molar-refractivity contribution in [3.8, 4) is 0 Å². The molecule has 0 aromatic carbocycles. The Morgan fingerprint density at radius 1 is 1.24 bits per heavy atom. The quantitative estimate of drug-likeness (QED) is 0.531. The lowest BCUT2D eigenvalue weighted by molar-refractivity contribution is 0.0142. The van der Waals surface area contributed by atoms with Crippen LogP contribution in [0.25, 0.3) is 0 Å². The highest BCUT2D eigenvalue weighted by Gasteiger charge is 2.23. The SMILES string of the molecule is CCNC(=NCC(CC(C)C)N1CCOCC1)N(C)CC1CCOC1. The van der Waals surface area contributed by atoms with Crippen molar-refractivity contribution in [2.45, 2.75) is 39.7 Å². The van der Waals surface area contributed by atoms with Gasteiger partial charge in [0, 0.05) is 51.8 Å². The maximum absolute atomic E-state index is 5.52. The molecule has 0 aromatic heterocycles. The van der Waals surface area contributed by atoms with E-state index in [1.165, 1.54) is 6.42 Å². The zero-order valence-corrected chi connectivity index (χ0v) is 16.7. The molecule has 0 saturated carbocycles. The van der Waals surface area contributed by atoms with Gasteiger partial charge in [0.1, 0.15) is 0 Å². The van der Waals surface area contributed by atoms with Gasteiger partial charge >= 0.3 is 0 Å². The molecular weight excluding hydrogens is 316 g/mol. The summed E-state index contributed by atoms with van der Waals surface area (Å²) in [5.74, 6) is 2.33. The van der Waals surface area contributed by atoms with Crippen LogP contribution >= 0.6 is 0 Å². The first-order valence-corrected chi connectivity index (χ1v) is 9.99. The minimum Gasteiger partial charge on any atom is -0.381 e. The van der Waals surface area contributed by atoms with Gasteiger partial charge in [-0.15, -0.1) is 0 Å². The molecule has 2 aliphatic rings. The normalized spacial score (nSPS) is 23.9. The summed E-state index contributed by atoms with van der Waals surface area (Å²) in [7, 11) is 2.14. The van der Waals surface area contributed by atoms with Crippen LogP contribution in [-0.2, 0) is 9.47 Å². The van der Waals surface area contributed by atoms with Gasteiger partial charge in [-0.1, -0.05) is 13.8 Å². The Morgan fingerprint density at radius 2 is 2.00 bits per heavy atom. The van der Waals surface area contributed by atoms with Crippen molar-refractivity contribution in [2.24, 2.45) is 16.8 Å². The van der Waals surface area contributed by atoms with E-state index in [1.807, 2.05) is 0 Å². The number of morpholine rings is 1. The van der Waals surface area contributed by atoms with E-state index >= 15 is 0 Å². The molecule has 2 rings (SSSR count). The molecule has 0 aliphatic carbocycles. The van der Waals surface area contributed by atoms with Crippen molar-refractivity contribution in [2.75, 3.05) is 66.2 Å². The lowest BCUT2D eigenvalue weighted by Crippen LogP contribution is -2.47. The molecule has 2 aliphatic heterocycles. The molecule has 6 heteroatoms. The highest BCUT2D eigenvalue weighted by molar-refractivity contribution is 5.79. The first-order chi connectivity index (χ1) is 12.1. The molecule has 0 radical (unpaired) electrons. The van der Waals surface area contributed by atoms with Crippen LogP contribution in [0.4, 0.5) is 0 Å². The van der Waals surface area contributed by atoms with Gasteiger partial charge in [0.2, 0.25) is 0 Å². The van der Waals surface area contributed by atoms with Crippen molar-refractivity contribution >= 4 is 5.96 Å². The molecule has 2 heterocycles. The Hall–Kier alpha value is -0.850. The molecule has 2 fully saturated rings. The van der Waals surface area contributed by atoms with Crippen LogP contribution in [0, 0.1) is 11.8 Å². The average Bonchev–Trinajstić information content (AvgIpc) is 3.10. The summed E-state index contributed by atoms with van der Waals surface area (Å²) in [6.45, 7) is 15.0. The Kier molecular flexibility index (Phi) is 8.99. The fraction of sp³-hybridized carbons (Fsp3) is 0.947. The smallest absolute Gasteiger partial charge is 0.193 e. The zero-order chi connectivity index (χ0) is 18.1. The predicted octanol–water partition coefficient (Wildman–Crippen LogP) is 1.67. The molecule has 2 saturated heterocycles. The van der Waals surface area contributed by atoms with E-state index < -0.39 is 0 Å². The Balaban J connectivity index is 1.96. The lowest BCUT2D eigenvalue weighted by atomic mass is 10.0. The van der Waals surface area contributed by atoms with Gasteiger partial charge in [-0.25, -0.2) is 0 Å². The van der Waals surface area contributed by atoms with Crippen LogP contribution in [0.3, 0.4) is 0 Å². The van der Waals surface area contributed by atoms with Gasteiger partial charge in [0.15, 0.2) is 5.96 Å². The molecule has 2 unspecified atom stereocenters. The second-order valence-corrected chi connectivity index (χ2v) is 7.74.